The normalized spacial score (nSPS) is 30.7. The van der Waals surface area contributed by atoms with Crippen molar-refractivity contribution in [3.8, 4) is 0 Å². The second-order valence-corrected chi connectivity index (χ2v) is 5.69. The first kappa shape index (κ1) is 18.8. The summed E-state index contributed by atoms with van der Waals surface area (Å²) in [5.41, 5.74) is 0. The smallest absolute Gasteiger partial charge is 0.186 e. The van der Waals surface area contributed by atoms with Crippen LogP contribution in [0.1, 0.15) is 51.9 Å². The Labute approximate surface area is 126 Å². The zero-order valence-electron chi connectivity index (χ0n) is 12.9. The summed E-state index contributed by atoms with van der Waals surface area (Å²) in [5.74, 6) is 0. The fraction of sp³-hybridized carbons (Fsp3) is 1.00. The number of rotatable bonds is 11. The molecule has 1 rings (SSSR count). The Bertz CT molecular complexity index is 263. The average Bonchev–Trinajstić information content (AvgIpc) is 2.77. The van der Waals surface area contributed by atoms with Crippen molar-refractivity contribution in [2.24, 2.45) is 0 Å². The summed E-state index contributed by atoms with van der Waals surface area (Å²) < 4.78 is 10.7. The van der Waals surface area contributed by atoms with Crippen molar-refractivity contribution in [3.05, 3.63) is 0 Å². The highest BCUT2D eigenvalue weighted by molar-refractivity contribution is 4.90. The van der Waals surface area contributed by atoms with E-state index in [0.717, 1.165) is 12.8 Å². The van der Waals surface area contributed by atoms with Gasteiger partial charge in [-0.1, -0.05) is 45.4 Å². The lowest BCUT2D eigenvalue weighted by Gasteiger charge is -2.18. The summed E-state index contributed by atoms with van der Waals surface area (Å²) in [7, 11) is 0. The van der Waals surface area contributed by atoms with Gasteiger partial charge in [-0.15, -0.1) is 0 Å². The van der Waals surface area contributed by atoms with Crippen LogP contribution >= 0.6 is 0 Å². The minimum Gasteiger partial charge on any atom is -0.394 e. The van der Waals surface area contributed by atoms with Crippen LogP contribution in [0.2, 0.25) is 0 Å². The summed E-state index contributed by atoms with van der Waals surface area (Å²) in [6.07, 6.45) is 2.54. The van der Waals surface area contributed by atoms with Gasteiger partial charge in [0, 0.05) is 6.61 Å². The molecule has 0 aromatic carbocycles. The van der Waals surface area contributed by atoms with Gasteiger partial charge in [0.1, 0.15) is 24.4 Å². The highest BCUT2D eigenvalue weighted by Crippen LogP contribution is 2.24. The fourth-order valence-corrected chi connectivity index (χ4v) is 2.49. The molecule has 0 saturated carbocycles. The molecule has 1 aliphatic rings. The van der Waals surface area contributed by atoms with Crippen LogP contribution in [0.25, 0.3) is 0 Å². The molecule has 0 bridgehead atoms. The van der Waals surface area contributed by atoms with Gasteiger partial charge in [-0.3, -0.25) is 0 Å². The number of unbranched alkanes of at least 4 members (excludes halogenated alkanes) is 6. The first-order valence-electron chi connectivity index (χ1n) is 8.04. The predicted molar refractivity (Wildman–Crippen MR) is 77.7 cm³/mol. The quantitative estimate of drug-likeness (QED) is 0.416. The lowest BCUT2D eigenvalue weighted by molar-refractivity contribution is -0.181. The molecule has 0 radical (unpaired) electrons. The third-order valence-electron chi connectivity index (χ3n) is 3.85. The zero-order chi connectivity index (χ0) is 15.7. The molecule has 1 saturated heterocycles. The van der Waals surface area contributed by atoms with E-state index in [9.17, 15) is 15.3 Å². The summed E-state index contributed by atoms with van der Waals surface area (Å²) in [6.45, 7) is 2.11. The van der Waals surface area contributed by atoms with Crippen LogP contribution in [0.4, 0.5) is 0 Å². The van der Waals surface area contributed by atoms with Gasteiger partial charge < -0.3 is 29.9 Å². The van der Waals surface area contributed by atoms with Crippen molar-refractivity contribution in [3.63, 3.8) is 0 Å². The van der Waals surface area contributed by atoms with E-state index in [2.05, 4.69) is 6.92 Å². The van der Waals surface area contributed by atoms with E-state index in [1.807, 2.05) is 0 Å². The molecular weight excluding hydrogens is 276 g/mol. The molecule has 0 aromatic rings. The average molecular weight is 306 g/mol. The van der Waals surface area contributed by atoms with Crippen LogP contribution in [-0.2, 0) is 9.47 Å². The molecule has 0 aliphatic carbocycles. The molecule has 5 atom stereocenters. The number of aliphatic hydroxyl groups excluding tert-OH is 4. The molecule has 21 heavy (non-hydrogen) atoms. The number of ether oxygens (including phenoxy) is 2. The maximum absolute atomic E-state index is 9.78. The van der Waals surface area contributed by atoms with E-state index in [4.69, 9.17) is 14.6 Å². The van der Waals surface area contributed by atoms with Crippen LogP contribution in [-0.4, -0.2) is 64.3 Å². The second-order valence-electron chi connectivity index (χ2n) is 5.69. The molecule has 1 heterocycles. The molecule has 6 heteroatoms. The van der Waals surface area contributed by atoms with Crippen molar-refractivity contribution in [1.82, 2.24) is 0 Å². The standard InChI is InChI=1S/C15H30O6/c1-2-3-4-5-6-7-8-9-20-15-13(19)12(18)14(21-15)11(17)10-16/h11-19H,2-10H2,1H3/t11-,12+,13-,14-,15+/m1/s1. The minimum absolute atomic E-state index is 0.449. The van der Waals surface area contributed by atoms with Crippen molar-refractivity contribution in [2.45, 2.75) is 82.6 Å². The van der Waals surface area contributed by atoms with Crippen molar-refractivity contribution >= 4 is 0 Å². The second kappa shape index (κ2) is 10.5. The predicted octanol–water partition coefficient (Wildman–Crippen LogP) is 0.553. The van der Waals surface area contributed by atoms with E-state index >= 15 is 0 Å². The molecular formula is C15H30O6. The molecule has 6 nitrogen and oxygen atoms in total. The monoisotopic (exact) mass is 306 g/mol. The minimum atomic E-state index is -1.24. The Morgan fingerprint density at radius 2 is 1.62 bits per heavy atom. The van der Waals surface area contributed by atoms with E-state index in [0.29, 0.717) is 6.61 Å². The third kappa shape index (κ3) is 6.18. The van der Waals surface area contributed by atoms with Gasteiger partial charge >= 0.3 is 0 Å². The van der Waals surface area contributed by atoms with Gasteiger partial charge in [-0.2, -0.15) is 0 Å². The van der Waals surface area contributed by atoms with Gasteiger partial charge in [0.05, 0.1) is 6.61 Å². The number of aliphatic hydroxyl groups is 4. The zero-order valence-corrected chi connectivity index (χ0v) is 12.9. The van der Waals surface area contributed by atoms with Crippen LogP contribution in [0.3, 0.4) is 0 Å². The van der Waals surface area contributed by atoms with Gasteiger partial charge in [0.25, 0.3) is 0 Å². The molecule has 0 unspecified atom stereocenters. The lowest BCUT2D eigenvalue weighted by Crippen LogP contribution is -2.40. The SMILES string of the molecule is CCCCCCCCCO[C@H]1O[C@H]([C@H](O)CO)[C@@H](O)[C@H]1O. The largest absolute Gasteiger partial charge is 0.394 e. The highest BCUT2D eigenvalue weighted by atomic mass is 16.7. The van der Waals surface area contributed by atoms with Crippen LogP contribution in [0, 0.1) is 0 Å². The summed E-state index contributed by atoms with van der Waals surface area (Å²) in [5, 5.41) is 37.8. The van der Waals surface area contributed by atoms with Gasteiger partial charge in [-0.05, 0) is 6.42 Å². The van der Waals surface area contributed by atoms with Crippen molar-refractivity contribution in [1.29, 1.82) is 0 Å². The fourth-order valence-electron chi connectivity index (χ4n) is 2.49. The van der Waals surface area contributed by atoms with E-state index in [1.165, 1.54) is 32.1 Å². The first-order chi connectivity index (χ1) is 10.1. The Kier molecular flexibility index (Phi) is 9.39. The Morgan fingerprint density at radius 3 is 2.24 bits per heavy atom. The van der Waals surface area contributed by atoms with Crippen LogP contribution in [0.15, 0.2) is 0 Å². The highest BCUT2D eigenvalue weighted by Gasteiger charge is 2.46. The Balaban J connectivity index is 2.12. The van der Waals surface area contributed by atoms with Crippen LogP contribution in [0.5, 0.6) is 0 Å². The third-order valence-corrected chi connectivity index (χ3v) is 3.85. The molecule has 1 aliphatic heterocycles. The van der Waals surface area contributed by atoms with E-state index in [1.54, 1.807) is 0 Å². The molecule has 1 fully saturated rings. The number of hydrogen-bond acceptors (Lipinski definition) is 6. The Hall–Kier alpha value is -0.240. The Morgan fingerprint density at radius 1 is 1.00 bits per heavy atom. The van der Waals surface area contributed by atoms with Gasteiger partial charge in [-0.25, -0.2) is 0 Å². The first-order valence-corrected chi connectivity index (χ1v) is 8.04. The maximum atomic E-state index is 9.78. The summed E-state index contributed by atoms with van der Waals surface area (Å²) in [6, 6.07) is 0. The molecule has 0 spiro atoms. The lowest BCUT2D eigenvalue weighted by atomic mass is 10.1. The van der Waals surface area contributed by atoms with Gasteiger partial charge in [0.15, 0.2) is 6.29 Å². The summed E-state index contributed by atoms with van der Waals surface area (Å²) >= 11 is 0. The van der Waals surface area contributed by atoms with Gasteiger partial charge in [0.2, 0.25) is 0 Å². The molecule has 0 aromatic heterocycles. The molecule has 126 valence electrons. The molecule has 4 N–H and O–H groups in total. The molecule has 0 amide bonds. The van der Waals surface area contributed by atoms with E-state index < -0.39 is 37.3 Å². The maximum Gasteiger partial charge on any atom is 0.186 e. The number of hydrogen-bond donors (Lipinski definition) is 4. The van der Waals surface area contributed by atoms with E-state index in [-0.39, 0.29) is 0 Å². The topological polar surface area (TPSA) is 99.4 Å². The summed E-state index contributed by atoms with van der Waals surface area (Å²) in [4.78, 5) is 0. The van der Waals surface area contributed by atoms with Crippen molar-refractivity contribution in [2.75, 3.05) is 13.2 Å². The van der Waals surface area contributed by atoms with Crippen LogP contribution < -0.4 is 0 Å². The van der Waals surface area contributed by atoms with Crippen molar-refractivity contribution < 1.29 is 29.9 Å².